The van der Waals surface area contributed by atoms with Gasteiger partial charge in [-0.15, -0.1) is 0 Å². The van der Waals surface area contributed by atoms with Crippen molar-refractivity contribution in [3.05, 3.63) is 57.8 Å². The van der Waals surface area contributed by atoms with Gasteiger partial charge in [0, 0.05) is 24.5 Å². The summed E-state index contributed by atoms with van der Waals surface area (Å²) in [6, 6.07) is 7.22. The molecule has 0 aliphatic rings. The van der Waals surface area contributed by atoms with Crippen LogP contribution in [0.15, 0.2) is 35.3 Å². The van der Waals surface area contributed by atoms with Gasteiger partial charge >= 0.3 is 0 Å². The predicted molar refractivity (Wildman–Crippen MR) is 87.1 cm³/mol. The van der Waals surface area contributed by atoms with E-state index >= 15 is 0 Å². The SMILES string of the molecule is CCN(CC)Cc1c(O)c(=O)cc(C)n1Cc1ccccn1. The fourth-order valence-corrected chi connectivity index (χ4v) is 2.51. The quantitative estimate of drug-likeness (QED) is 0.888. The van der Waals surface area contributed by atoms with Crippen LogP contribution < -0.4 is 5.43 Å². The van der Waals surface area contributed by atoms with E-state index in [4.69, 9.17) is 0 Å². The van der Waals surface area contributed by atoms with Crippen LogP contribution in [0.2, 0.25) is 0 Å². The van der Waals surface area contributed by atoms with Crippen molar-refractivity contribution in [2.75, 3.05) is 13.1 Å². The molecule has 0 amide bonds. The number of hydrogen-bond acceptors (Lipinski definition) is 4. The Morgan fingerprint density at radius 1 is 1.27 bits per heavy atom. The van der Waals surface area contributed by atoms with Crippen LogP contribution in [-0.2, 0) is 13.1 Å². The maximum Gasteiger partial charge on any atom is 0.223 e. The number of aromatic hydroxyl groups is 1. The lowest BCUT2D eigenvalue weighted by atomic mass is 10.2. The minimum absolute atomic E-state index is 0.159. The van der Waals surface area contributed by atoms with Crippen LogP contribution in [-0.4, -0.2) is 32.6 Å². The number of hydrogen-bond donors (Lipinski definition) is 1. The summed E-state index contributed by atoms with van der Waals surface area (Å²) in [4.78, 5) is 18.4. The zero-order valence-corrected chi connectivity index (χ0v) is 13.4. The van der Waals surface area contributed by atoms with Crippen LogP contribution in [0, 0.1) is 6.92 Å². The summed E-state index contributed by atoms with van der Waals surface area (Å²) in [6.45, 7) is 8.83. The van der Waals surface area contributed by atoms with Gasteiger partial charge < -0.3 is 9.67 Å². The fraction of sp³-hybridized carbons (Fsp3) is 0.412. The first-order valence-corrected chi connectivity index (χ1v) is 7.61. The molecule has 1 N–H and O–H groups in total. The van der Waals surface area contributed by atoms with Crippen molar-refractivity contribution in [1.82, 2.24) is 14.5 Å². The molecule has 0 unspecified atom stereocenters. The second-order valence-corrected chi connectivity index (χ2v) is 5.31. The first-order valence-electron chi connectivity index (χ1n) is 7.61. The zero-order valence-electron chi connectivity index (χ0n) is 13.4. The molecule has 0 bridgehead atoms. The normalized spacial score (nSPS) is 11.1. The molecule has 2 heterocycles. The highest BCUT2D eigenvalue weighted by molar-refractivity contribution is 5.30. The lowest BCUT2D eigenvalue weighted by Crippen LogP contribution is -2.27. The number of aryl methyl sites for hydroxylation is 1. The Hall–Kier alpha value is -2.14. The molecule has 0 saturated heterocycles. The first kappa shape index (κ1) is 16.2. The van der Waals surface area contributed by atoms with E-state index in [2.05, 4.69) is 23.7 Å². The summed E-state index contributed by atoms with van der Waals surface area (Å²) in [6.07, 6.45) is 1.75. The van der Waals surface area contributed by atoms with E-state index in [1.807, 2.05) is 29.7 Å². The molecule has 0 aliphatic carbocycles. The Bertz CT molecular complexity index is 676. The van der Waals surface area contributed by atoms with Gasteiger partial charge in [0.05, 0.1) is 17.9 Å². The largest absolute Gasteiger partial charge is 0.503 e. The van der Waals surface area contributed by atoms with E-state index in [0.717, 1.165) is 24.5 Å². The van der Waals surface area contributed by atoms with Gasteiger partial charge in [0.15, 0.2) is 5.75 Å². The second kappa shape index (κ2) is 7.22. The third kappa shape index (κ3) is 3.54. The van der Waals surface area contributed by atoms with Crippen molar-refractivity contribution in [2.24, 2.45) is 0 Å². The molecule has 0 radical (unpaired) electrons. The molecule has 0 fully saturated rings. The van der Waals surface area contributed by atoms with Crippen molar-refractivity contribution < 1.29 is 5.11 Å². The van der Waals surface area contributed by atoms with Crippen molar-refractivity contribution in [2.45, 2.75) is 33.9 Å². The third-order valence-electron chi connectivity index (χ3n) is 3.91. The zero-order chi connectivity index (χ0) is 16.1. The van der Waals surface area contributed by atoms with Crippen molar-refractivity contribution >= 4 is 0 Å². The monoisotopic (exact) mass is 301 g/mol. The highest BCUT2D eigenvalue weighted by Gasteiger charge is 2.15. The van der Waals surface area contributed by atoms with Crippen LogP contribution in [0.4, 0.5) is 0 Å². The molecule has 118 valence electrons. The average Bonchev–Trinajstić information content (AvgIpc) is 2.53. The minimum atomic E-state index is -0.322. The predicted octanol–water partition coefficient (Wildman–Crippen LogP) is 2.15. The van der Waals surface area contributed by atoms with Gasteiger partial charge in [-0.05, 0) is 32.1 Å². The Labute approximate surface area is 130 Å². The van der Waals surface area contributed by atoms with Gasteiger partial charge in [0.25, 0.3) is 0 Å². The topological polar surface area (TPSA) is 58.4 Å². The molecule has 0 spiro atoms. The lowest BCUT2D eigenvalue weighted by molar-refractivity contribution is 0.280. The summed E-state index contributed by atoms with van der Waals surface area (Å²) >= 11 is 0. The van der Waals surface area contributed by atoms with Crippen LogP contribution in [0.5, 0.6) is 5.75 Å². The fourth-order valence-electron chi connectivity index (χ4n) is 2.51. The number of rotatable bonds is 6. The Morgan fingerprint density at radius 2 is 2.00 bits per heavy atom. The standard InChI is InChI=1S/C17H23N3O2/c1-4-19(5-2)12-15-17(22)16(21)10-13(3)20(15)11-14-8-6-7-9-18-14/h6-10,22H,4-5,11-12H2,1-3H3. The van der Waals surface area contributed by atoms with Gasteiger partial charge in [0.1, 0.15) is 0 Å². The van der Waals surface area contributed by atoms with E-state index < -0.39 is 0 Å². The summed E-state index contributed by atoms with van der Waals surface area (Å²) in [7, 11) is 0. The van der Waals surface area contributed by atoms with Gasteiger partial charge in [-0.2, -0.15) is 0 Å². The van der Waals surface area contributed by atoms with E-state index in [9.17, 15) is 9.90 Å². The number of nitrogens with zero attached hydrogens (tertiary/aromatic N) is 3. The van der Waals surface area contributed by atoms with E-state index in [1.54, 1.807) is 6.20 Å². The molecule has 0 saturated carbocycles. The Balaban J connectivity index is 2.47. The van der Waals surface area contributed by atoms with Crippen molar-refractivity contribution in [1.29, 1.82) is 0 Å². The molecule has 5 nitrogen and oxygen atoms in total. The van der Waals surface area contributed by atoms with Crippen LogP contribution in [0.25, 0.3) is 0 Å². The Kier molecular flexibility index (Phi) is 5.33. The molecule has 22 heavy (non-hydrogen) atoms. The third-order valence-corrected chi connectivity index (χ3v) is 3.91. The van der Waals surface area contributed by atoms with Crippen molar-refractivity contribution in [3.63, 3.8) is 0 Å². The molecule has 0 aliphatic heterocycles. The van der Waals surface area contributed by atoms with Gasteiger partial charge in [-0.3, -0.25) is 14.7 Å². The second-order valence-electron chi connectivity index (χ2n) is 5.31. The van der Waals surface area contributed by atoms with Gasteiger partial charge in [-0.25, -0.2) is 0 Å². The summed E-state index contributed by atoms with van der Waals surface area (Å²) in [5, 5.41) is 10.2. The average molecular weight is 301 g/mol. The van der Waals surface area contributed by atoms with E-state index in [0.29, 0.717) is 18.8 Å². The lowest BCUT2D eigenvalue weighted by Gasteiger charge is -2.23. The van der Waals surface area contributed by atoms with Crippen LogP contribution in [0.3, 0.4) is 0 Å². The van der Waals surface area contributed by atoms with Crippen LogP contribution >= 0.6 is 0 Å². The molecule has 0 atom stereocenters. The maximum atomic E-state index is 11.9. The number of aromatic nitrogens is 2. The van der Waals surface area contributed by atoms with E-state index in [-0.39, 0.29) is 11.2 Å². The molecule has 0 aromatic carbocycles. The van der Waals surface area contributed by atoms with Crippen molar-refractivity contribution in [3.8, 4) is 5.75 Å². The molecular weight excluding hydrogens is 278 g/mol. The highest BCUT2D eigenvalue weighted by Crippen LogP contribution is 2.18. The highest BCUT2D eigenvalue weighted by atomic mass is 16.3. The summed E-state index contributed by atoms with van der Waals surface area (Å²) < 4.78 is 1.97. The molecule has 5 heteroatoms. The summed E-state index contributed by atoms with van der Waals surface area (Å²) in [5.74, 6) is -0.159. The van der Waals surface area contributed by atoms with E-state index in [1.165, 1.54) is 6.07 Å². The summed E-state index contributed by atoms with van der Waals surface area (Å²) in [5.41, 5.74) is 2.06. The van der Waals surface area contributed by atoms with Crippen LogP contribution in [0.1, 0.15) is 30.9 Å². The maximum absolute atomic E-state index is 11.9. The smallest absolute Gasteiger partial charge is 0.223 e. The minimum Gasteiger partial charge on any atom is -0.503 e. The number of pyridine rings is 2. The first-order chi connectivity index (χ1) is 10.6. The Morgan fingerprint density at radius 3 is 2.59 bits per heavy atom. The van der Waals surface area contributed by atoms with Gasteiger partial charge in [0.2, 0.25) is 5.43 Å². The van der Waals surface area contributed by atoms with Gasteiger partial charge in [-0.1, -0.05) is 19.9 Å². The molecule has 2 aromatic rings. The molecule has 2 rings (SSSR count). The molecule has 2 aromatic heterocycles. The molecular formula is C17H23N3O2.